The topological polar surface area (TPSA) is 65.5 Å². The lowest BCUT2D eigenvalue weighted by molar-refractivity contribution is -0.133. The molecule has 0 unspecified atom stereocenters. The van der Waals surface area contributed by atoms with Crippen LogP contribution in [-0.4, -0.2) is 54.1 Å². The van der Waals surface area contributed by atoms with Gasteiger partial charge in [0.25, 0.3) is 5.91 Å². The largest absolute Gasteiger partial charge is 0.355 e. The van der Waals surface area contributed by atoms with E-state index in [2.05, 4.69) is 15.2 Å². The minimum atomic E-state index is -0.208. The predicted octanol–water partition coefficient (Wildman–Crippen LogP) is 5.33. The van der Waals surface area contributed by atoms with Gasteiger partial charge in [0, 0.05) is 54.3 Å². The fourth-order valence-corrected chi connectivity index (χ4v) is 5.17. The van der Waals surface area contributed by atoms with Gasteiger partial charge in [0.15, 0.2) is 5.82 Å². The number of thioether (sulfide) groups is 1. The second kappa shape index (κ2) is 11.3. The minimum Gasteiger partial charge on any atom is -0.355 e. The number of halogens is 1. The van der Waals surface area contributed by atoms with E-state index in [1.165, 1.54) is 6.42 Å². The molecular weight excluding hydrogens is 456 g/mol. The Hall–Kier alpha value is -2.25. The first-order valence-electron chi connectivity index (χ1n) is 11.7. The van der Waals surface area contributed by atoms with E-state index < -0.39 is 0 Å². The molecule has 0 spiro atoms. The van der Waals surface area contributed by atoms with Crippen molar-refractivity contribution in [3.63, 3.8) is 0 Å². The Bertz CT molecular complexity index is 988. The van der Waals surface area contributed by atoms with Gasteiger partial charge in [0.05, 0.1) is 5.69 Å². The van der Waals surface area contributed by atoms with E-state index in [9.17, 15) is 9.59 Å². The lowest BCUT2D eigenvalue weighted by Crippen LogP contribution is -2.39. The smallest absolute Gasteiger partial charge is 0.255 e. The summed E-state index contributed by atoms with van der Waals surface area (Å²) in [5.41, 5.74) is 1.22. The van der Waals surface area contributed by atoms with Crippen molar-refractivity contribution in [3.8, 4) is 0 Å². The van der Waals surface area contributed by atoms with Gasteiger partial charge in [-0.2, -0.15) is 0 Å². The van der Waals surface area contributed by atoms with Crippen LogP contribution in [0.2, 0.25) is 5.02 Å². The maximum Gasteiger partial charge on any atom is 0.255 e. The van der Waals surface area contributed by atoms with Crippen LogP contribution in [0.25, 0.3) is 0 Å². The van der Waals surface area contributed by atoms with Crippen molar-refractivity contribution in [1.29, 1.82) is 0 Å². The molecule has 2 amide bonds. The van der Waals surface area contributed by atoms with Crippen LogP contribution < -0.4 is 10.2 Å². The summed E-state index contributed by atoms with van der Waals surface area (Å²) in [4.78, 5) is 35.5. The number of likely N-dealkylation sites (tertiary alicyclic amines) is 1. The third kappa shape index (κ3) is 6.21. The fourth-order valence-electron chi connectivity index (χ4n) is 4.59. The van der Waals surface area contributed by atoms with Crippen LogP contribution in [-0.2, 0) is 4.79 Å². The van der Waals surface area contributed by atoms with E-state index in [-0.39, 0.29) is 5.91 Å². The first kappa shape index (κ1) is 23.9. The number of nitrogens with zero attached hydrogens (tertiary/aromatic N) is 3. The van der Waals surface area contributed by atoms with Gasteiger partial charge in [-0.1, -0.05) is 17.7 Å². The molecule has 2 saturated heterocycles. The van der Waals surface area contributed by atoms with E-state index in [1.807, 2.05) is 23.4 Å². The lowest BCUT2D eigenvalue weighted by atomic mass is 9.92. The third-order valence-electron chi connectivity index (χ3n) is 6.50. The summed E-state index contributed by atoms with van der Waals surface area (Å²) in [5.74, 6) is 1.29. The molecule has 0 saturated carbocycles. The quantitative estimate of drug-likeness (QED) is 0.559. The first-order chi connectivity index (χ1) is 16.0. The number of amides is 2. The zero-order chi connectivity index (χ0) is 23.2. The molecule has 0 atom stereocenters. The second-order valence-electron chi connectivity index (χ2n) is 8.79. The molecule has 6 nitrogen and oxygen atoms in total. The number of carbonyl (C=O) groups excluding carboxylic acids is 2. The zero-order valence-corrected chi connectivity index (χ0v) is 20.6. The zero-order valence-electron chi connectivity index (χ0n) is 19.1. The number of aromatic nitrogens is 1. The highest BCUT2D eigenvalue weighted by Gasteiger charge is 2.26. The molecule has 1 N–H and O–H groups in total. The highest BCUT2D eigenvalue weighted by molar-refractivity contribution is 7.98. The van der Waals surface area contributed by atoms with E-state index in [1.54, 1.807) is 36.0 Å². The standard InChI is InChI=1S/C25H31ClN4O2S/c1-33-21-16-22(28-25(32)19-6-5-7-20(26)15-19)24(27-17-21)30-12-8-18(9-13-30)14-23(31)29-10-3-2-4-11-29/h5-7,15-18H,2-4,8-14H2,1H3,(H,28,32). The Balaban J connectivity index is 1.41. The summed E-state index contributed by atoms with van der Waals surface area (Å²) in [6.07, 6.45) is 9.88. The molecule has 2 fully saturated rings. The number of hydrogen-bond donors (Lipinski definition) is 1. The summed E-state index contributed by atoms with van der Waals surface area (Å²) in [7, 11) is 0. The van der Waals surface area contributed by atoms with Gasteiger partial charge in [-0.3, -0.25) is 9.59 Å². The predicted molar refractivity (Wildman–Crippen MR) is 135 cm³/mol. The van der Waals surface area contributed by atoms with Crippen molar-refractivity contribution in [1.82, 2.24) is 9.88 Å². The van der Waals surface area contributed by atoms with Crippen molar-refractivity contribution in [3.05, 3.63) is 47.1 Å². The molecule has 1 aromatic heterocycles. The summed E-state index contributed by atoms with van der Waals surface area (Å²) in [6, 6.07) is 8.90. The van der Waals surface area contributed by atoms with Crippen LogP contribution in [0.4, 0.5) is 11.5 Å². The van der Waals surface area contributed by atoms with Gasteiger partial charge < -0.3 is 15.1 Å². The summed E-state index contributed by atoms with van der Waals surface area (Å²) in [5, 5.41) is 3.56. The number of nitrogens with one attached hydrogen (secondary N) is 1. The van der Waals surface area contributed by atoms with Crippen LogP contribution in [0.1, 0.15) is 48.9 Å². The molecule has 0 radical (unpaired) electrons. The molecule has 0 aliphatic carbocycles. The van der Waals surface area contributed by atoms with Gasteiger partial charge >= 0.3 is 0 Å². The lowest BCUT2D eigenvalue weighted by Gasteiger charge is -2.35. The molecule has 2 aliphatic heterocycles. The number of hydrogen-bond acceptors (Lipinski definition) is 5. The Labute approximate surface area is 205 Å². The Kier molecular flexibility index (Phi) is 8.15. The van der Waals surface area contributed by atoms with Gasteiger partial charge in [-0.25, -0.2) is 4.98 Å². The molecule has 0 bridgehead atoms. The normalized spacial score (nSPS) is 17.2. The van der Waals surface area contributed by atoms with E-state index >= 15 is 0 Å². The number of pyridine rings is 1. The summed E-state index contributed by atoms with van der Waals surface area (Å²) >= 11 is 7.65. The Morgan fingerprint density at radius 2 is 1.88 bits per heavy atom. The average Bonchev–Trinajstić information content (AvgIpc) is 2.85. The van der Waals surface area contributed by atoms with E-state index in [4.69, 9.17) is 11.6 Å². The molecule has 2 aliphatic rings. The van der Waals surface area contributed by atoms with Gasteiger partial charge in [-0.05, 0) is 68.5 Å². The van der Waals surface area contributed by atoms with Crippen molar-refractivity contribution in [2.75, 3.05) is 42.7 Å². The monoisotopic (exact) mass is 486 g/mol. The fraction of sp³-hybridized carbons (Fsp3) is 0.480. The van der Waals surface area contributed by atoms with Crippen LogP contribution >= 0.6 is 23.4 Å². The number of carbonyl (C=O) groups is 2. The third-order valence-corrected chi connectivity index (χ3v) is 7.43. The Morgan fingerprint density at radius 3 is 2.58 bits per heavy atom. The summed E-state index contributed by atoms with van der Waals surface area (Å²) in [6.45, 7) is 3.48. The molecular formula is C25H31ClN4O2S. The molecule has 33 heavy (non-hydrogen) atoms. The maximum absolute atomic E-state index is 12.9. The minimum absolute atomic E-state index is 0.208. The van der Waals surface area contributed by atoms with E-state index in [0.717, 1.165) is 62.6 Å². The van der Waals surface area contributed by atoms with Crippen molar-refractivity contribution < 1.29 is 9.59 Å². The highest BCUT2D eigenvalue weighted by Crippen LogP contribution is 2.32. The highest BCUT2D eigenvalue weighted by atomic mass is 35.5. The SMILES string of the molecule is CSc1cnc(N2CCC(CC(=O)N3CCCCC3)CC2)c(NC(=O)c2cccc(Cl)c2)c1. The molecule has 1 aromatic carbocycles. The number of rotatable bonds is 6. The Morgan fingerprint density at radius 1 is 1.12 bits per heavy atom. The molecule has 2 aromatic rings. The molecule has 3 heterocycles. The second-order valence-corrected chi connectivity index (χ2v) is 10.1. The van der Waals surface area contributed by atoms with Crippen molar-refractivity contribution in [2.45, 2.75) is 43.4 Å². The van der Waals surface area contributed by atoms with Crippen molar-refractivity contribution in [2.24, 2.45) is 5.92 Å². The maximum atomic E-state index is 12.9. The van der Waals surface area contributed by atoms with Crippen LogP contribution in [0.5, 0.6) is 0 Å². The van der Waals surface area contributed by atoms with Crippen LogP contribution in [0.15, 0.2) is 41.4 Å². The summed E-state index contributed by atoms with van der Waals surface area (Å²) < 4.78 is 0. The number of piperidine rings is 2. The van der Waals surface area contributed by atoms with Gasteiger partial charge in [0.1, 0.15) is 0 Å². The number of benzene rings is 1. The van der Waals surface area contributed by atoms with Crippen molar-refractivity contribution >= 4 is 46.7 Å². The molecule has 8 heteroatoms. The van der Waals surface area contributed by atoms with Gasteiger partial charge in [0.2, 0.25) is 5.91 Å². The average molecular weight is 487 g/mol. The number of anilines is 2. The van der Waals surface area contributed by atoms with E-state index in [0.29, 0.717) is 34.5 Å². The van der Waals surface area contributed by atoms with Gasteiger partial charge in [-0.15, -0.1) is 11.8 Å². The van der Waals surface area contributed by atoms with Crippen LogP contribution in [0, 0.1) is 5.92 Å². The molecule has 176 valence electrons. The van der Waals surface area contributed by atoms with Crippen LogP contribution in [0.3, 0.4) is 0 Å². The molecule has 4 rings (SSSR count). The first-order valence-corrected chi connectivity index (χ1v) is 13.3.